The summed E-state index contributed by atoms with van der Waals surface area (Å²) in [6, 6.07) is 6.96. The molecule has 0 saturated carbocycles. The molecule has 0 fully saturated rings. The van der Waals surface area contributed by atoms with Crippen LogP contribution in [0, 0.1) is 17.8 Å². The Balaban J connectivity index is 2.72. The van der Waals surface area contributed by atoms with E-state index < -0.39 is 0 Å². The SMILES string of the molecule is COC(=O)C(C)CN(C)C(=O)c1ccc(C#CCN)cc1. The molecular formula is C16H20N2O3. The van der Waals surface area contributed by atoms with Crippen molar-refractivity contribution >= 4 is 11.9 Å². The molecule has 0 saturated heterocycles. The summed E-state index contributed by atoms with van der Waals surface area (Å²) in [5.41, 5.74) is 6.66. The minimum Gasteiger partial charge on any atom is -0.469 e. The Morgan fingerprint density at radius 1 is 1.33 bits per heavy atom. The summed E-state index contributed by atoms with van der Waals surface area (Å²) in [5, 5.41) is 0. The fraction of sp³-hybridized carbons (Fsp3) is 0.375. The molecular weight excluding hydrogens is 268 g/mol. The van der Waals surface area contributed by atoms with Crippen molar-refractivity contribution in [2.45, 2.75) is 6.92 Å². The number of carbonyl (C=O) groups excluding carboxylic acids is 2. The van der Waals surface area contributed by atoms with Crippen LogP contribution >= 0.6 is 0 Å². The lowest BCUT2D eigenvalue weighted by molar-refractivity contribution is -0.145. The lowest BCUT2D eigenvalue weighted by atomic mass is 10.1. The van der Waals surface area contributed by atoms with Crippen LogP contribution in [-0.2, 0) is 9.53 Å². The number of nitrogens with two attached hydrogens (primary N) is 1. The molecule has 21 heavy (non-hydrogen) atoms. The van der Waals surface area contributed by atoms with Crippen LogP contribution in [0.3, 0.4) is 0 Å². The zero-order valence-electron chi connectivity index (χ0n) is 12.6. The summed E-state index contributed by atoms with van der Waals surface area (Å²) < 4.78 is 4.65. The van der Waals surface area contributed by atoms with Gasteiger partial charge in [0.2, 0.25) is 0 Å². The maximum atomic E-state index is 12.2. The molecule has 2 N–H and O–H groups in total. The fourth-order valence-electron chi connectivity index (χ4n) is 1.84. The third-order valence-corrected chi connectivity index (χ3v) is 2.96. The van der Waals surface area contributed by atoms with E-state index in [1.807, 2.05) is 0 Å². The van der Waals surface area contributed by atoms with Crippen molar-refractivity contribution in [1.29, 1.82) is 0 Å². The van der Waals surface area contributed by atoms with E-state index >= 15 is 0 Å². The van der Waals surface area contributed by atoms with Crippen LogP contribution in [0.4, 0.5) is 0 Å². The van der Waals surface area contributed by atoms with Crippen LogP contribution < -0.4 is 5.73 Å². The number of amides is 1. The maximum Gasteiger partial charge on any atom is 0.310 e. The highest BCUT2D eigenvalue weighted by Crippen LogP contribution is 2.09. The predicted molar refractivity (Wildman–Crippen MR) is 80.5 cm³/mol. The van der Waals surface area contributed by atoms with Gasteiger partial charge in [-0.05, 0) is 24.3 Å². The summed E-state index contributed by atoms with van der Waals surface area (Å²) in [6.07, 6.45) is 0. The molecule has 0 aliphatic heterocycles. The molecule has 5 nitrogen and oxygen atoms in total. The lowest BCUT2D eigenvalue weighted by Gasteiger charge is -2.20. The quantitative estimate of drug-likeness (QED) is 0.659. The first kappa shape index (κ1) is 16.7. The number of carbonyl (C=O) groups is 2. The number of nitrogens with zero attached hydrogens (tertiary/aromatic N) is 1. The number of benzene rings is 1. The van der Waals surface area contributed by atoms with Crippen molar-refractivity contribution in [3.63, 3.8) is 0 Å². The molecule has 0 radical (unpaired) electrons. The number of hydrogen-bond donors (Lipinski definition) is 1. The molecule has 0 aromatic heterocycles. The van der Waals surface area contributed by atoms with E-state index in [1.54, 1.807) is 38.2 Å². The minimum absolute atomic E-state index is 0.149. The number of hydrogen-bond acceptors (Lipinski definition) is 4. The van der Waals surface area contributed by atoms with Gasteiger partial charge in [0.05, 0.1) is 19.6 Å². The highest BCUT2D eigenvalue weighted by atomic mass is 16.5. The first-order valence-corrected chi connectivity index (χ1v) is 6.62. The Morgan fingerprint density at radius 2 is 1.95 bits per heavy atom. The maximum absolute atomic E-state index is 12.2. The van der Waals surface area contributed by atoms with E-state index in [0.717, 1.165) is 5.56 Å². The first-order chi connectivity index (χ1) is 9.99. The molecule has 0 aliphatic carbocycles. The highest BCUT2D eigenvalue weighted by Gasteiger charge is 2.19. The van der Waals surface area contributed by atoms with Crippen molar-refractivity contribution in [2.75, 3.05) is 27.2 Å². The summed E-state index contributed by atoms with van der Waals surface area (Å²) in [6.45, 7) is 2.33. The monoisotopic (exact) mass is 288 g/mol. The number of methoxy groups -OCH3 is 1. The Morgan fingerprint density at radius 3 is 2.48 bits per heavy atom. The smallest absolute Gasteiger partial charge is 0.310 e. The summed E-state index contributed by atoms with van der Waals surface area (Å²) in [5.74, 6) is 4.80. The molecule has 0 heterocycles. The van der Waals surface area contributed by atoms with Crippen molar-refractivity contribution in [2.24, 2.45) is 11.7 Å². The number of rotatable bonds is 4. The normalized spacial score (nSPS) is 11.0. The molecule has 1 unspecified atom stereocenters. The molecule has 0 spiro atoms. The molecule has 1 aromatic carbocycles. The Labute approximate surface area is 125 Å². The van der Waals surface area contributed by atoms with Crippen molar-refractivity contribution in [1.82, 2.24) is 4.90 Å². The summed E-state index contributed by atoms with van der Waals surface area (Å²) in [7, 11) is 2.99. The third-order valence-electron chi connectivity index (χ3n) is 2.96. The highest BCUT2D eigenvalue weighted by molar-refractivity contribution is 5.94. The van der Waals surface area contributed by atoms with E-state index in [2.05, 4.69) is 16.6 Å². The second-order valence-electron chi connectivity index (χ2n) is 4.69. The van der Waals surface area contributed by atoms with Gasteiger partial charge >= 0.3 is 5.97 Å². The Bertz CT molecular complexity index is 555. The largest absolute Gasteiger partial charge is 0.469 e. The van der Waals surface area contributed by atoms with Gasteiger partial charge in [0.15, 0.2) is 0 Å². The van der Waals surface area contributed by atoms with Gasteiger partial charge in [0.1, 0.15) is 0 Å². The van der Waals surface area contributed by atoms with Crippen LogP contribution in [0.2, 0.25) is 0 Å². The topological polar surface area (TPSA) is 72.6 Å². The van der Waals surface area contributed by atoms with Gasteiger partial charge in [0.25, 0.3) is 5.91 Å². The molecule has 112 valence electrons. The number of esters is 1. The molecule has 0 aliphatic rings. The third kappa shape index (κ3) is 4.93. The average molecular weight is 288 g/mol. The Kier molecular flexibility index (Phi) is 6.44. The second kappa shape index (κ2) is 8.08. The van der Waals surface area contributed by atoms with Gasteiger partial charge in [-0.3, -0.25) is 9.59 Å². The molecule has 1 amide bonds. The van der Waals surface area contributed by atoms with Gasteiger partial charge in [-0.25, -0.2) is 0 Å². The van der Waals surface area contributed by atoms with Gasteiger partial charge in [-0.15, -0.1) is 0 Å². The van der Waals surface area contributed by atoms with Crippen LogP contribution in [0.1, 0.15) is 22.8 Å². The van der Waals surface area contributed by atoms with E-state index in [9.17, 15) is 9.59 Å². The van der Waals surface area contributed by atoms with Crippen molar-refractivity contribution in [3.8, 4) is 11.8 Å². The van der Waals surface area contributed by atoms with Crippen molar-refractivity contribution in [3.05, 3.63) is 35.4 Å². The van der Waals surface area contributed by atoms with Gasteiger partial charge < -0.3 is 15.4 Å². The van der Waals surface area contributed by atoms with Crippen LogP contribution in [0.25, 0.3) is 0 Å². The molecule has 1 aromatic rings. The summed E-state index contributed by atoms with van der Waals surface area (Å²) >= 11 is 0. The zero-order chi connectivity index (χ0) is 15.8. The molecule has 0 bridgehead atoms. The average Bonchev–Trinajstić information content (AvgIpc) is 2.51. The molecule has 1 rings (SSSR count). The first-order valence-electron chi connectivity index (χ1n) is 6.62. The van der Waals surface area contributed by atoms with Crippen LogP contribution in [0.5, 0.6) is 0 Å². The second-order valence-corrected chi connectivity index (χ2v) is 4.69. The lowest BCUT2D eigenvalue weighted by Crippen LogP contribution is -2.34. The number of ether oxygens (including phenoxy) is 1. The van der Waals surface area contributed by atoms with Crippen LogP contribution in [-0.4, -0.2) is 44.0 Å². The molecule has 5 heteroatoms. The van der Waals surface area contributed by atoms with Gasteiger partial charge in [0, 0.05) is 24.7 Å². The van der Waals surface area contributed by atoms with Crippen molar-refractivity contribution < 1.29 is 14.3 Å². The molecule has 1 atom stereocenters. The van der Waals surface area contributed by atoms with Gasteiger partial charge in [-0.1, -0.05) is 18.8 Å². The summed E-state index contributed by atoms with van der Waals surface area (Å²) in [4.78, 5) is 25.1. The Hall–Kier alpha value is -2.32. The van der Waals surface area contributed by atoms with Crippen LogP contribution in [0.15, 0.2) is 24.3 Å². The standard InChI is InChI=1S/C16H20N2O3/c1-12(16(20)21-3)11-18(2)15(19)14-8-6-13(7-9-14)5-4-10-17/h6-9,12H,10-11,17H2,1-3H3. The predicted octanol–water partition coefficient (Wildman–Crippen LogP) is 0.878. The van der Waals surface area contributed by atoms with Gasteiger partial charge in [-0.2, -0.15) is 0 Å². The van der Waals surface area contributed by atoms with E-state index in [1.165, 1.54) is 12.0 Å². The van der Waals surface area contributed by atoms with E-state index in [4.69, 9.17) is 5.73 Å². The van der Waals surface area contributed by atoms with E-state index in [0.29, 0.717) is 18.7 Å². The minimum atomic E-state index is -0.362. The van der Waals surface area contributed by atoms with E-state index in [-0.39, 0.29) is 17.8 Å². The fourth-order valence-corrected chi connectivity index (χ4v) is 1.84. The zero-order valence-corrected chi connectivity index (χ0v) is 12.6.